The average Bonchev–Trinajstić information content (AvgIpc) is 2.38. The summed E-state index contributed by atoms with van der Waals surface area (Å²) in [5.41, 5.74) is 0. The van der Waals surface area contributed by atoms with Gasteiger partial charge < -0.3 is 0 Å². The third kappa shape index (κ3) is 5.02. The number of hydrogen-bond acceptors (Lipinski definition) is 6. The largest absolute Gasteiger partial charge is 0.238 e. The van der Waals surface area contributed by atoms with Crippen molar-refractivity contribution in [1.29, 1.82) is 0 Å². The van der Waals surface area contributed by atoms with Gasteiger partial charge in [0, 0.05) is 66.8 Å². The predicted octanol–water partition coefficient (Wildman–Crippen LogP) is 5.24. The summed E-state index contributed by atoms with van der Waals surface area (Å²) in [6.07, 6.45) is 8.31. The van der Waals surface area contributed by atoms with Crippen LogP contribution in [0.15, 0.2) is 0 Å². The van der Waals surface area contributed by atoms with E-state index < -0.39 is 0 Å². The molecule has 6 heteroatoms. The Balaban J connectivity index is 1.57. The molecule has 2 rings (SSSR count). The molecule has 2 fully saturated rings. The molecule has 0 bridgehead atoms. The fourth-order valence-corrected chi connectivity index (χ4v) is 8.73. The van der Waals surface area contributed by atoms with Crippen molar-refractivity contribution < 1.29 is 0 Å². The maximum absolute atomic E-state index is 2.56. The Morgan fingerprint density at radius 2 is 1.17 bits per heavy atom. The molecule has 0 saturated carbocycles. The second-order valence-electron chi connectivity index (χ2n) is 5.26. The van der Waals surface area contributed by atoms with Gasteiger partial charge in [-0.2, -0.15) is 0 Å². The van der Waals surface area contributed by atoms with Crippen LogP contribution in [0.1, 0.15) is 52.4 Å². The normalized spacial score (nSPS) is 31.7. The summed E-state index contributed by atoms with van der Waals surface area (Å²) in [7, 11) is 7.80. The van der Waals surface area contributed by atoms with E-state index in [0.29, 0.717) is 0 Å². The highest BCUT2D eigenvalue weighted by Gasteiger charge is 2.21. The maximum Gasteiger partial charge on any atom is 0.0182 e. The minimum Gasteiger partial charge on any atom is -0.238 e. The van der Waals surface area contributed by atoms with Crippen LogP contribution in [0.25, 0.3) is 0 Å². The van der Waals surface area contributed by atoms with Crippen LogP contribution in [0.2, 0.25) is 0 Å². The molecule has 2 aliphatic heterocycles. The monoisotopic (exact) mass is 324 g/mol. The first-order chi connectivity index (χ1) is 8.77. The summed E-state index contributed by atoms with van der Waals surface area (Å²) in [5, 5.41) is 0. The van der Waals surface area contributed by atoms with Gasteiger partial charge in [0.05, 0.1) is 0 Å². The predicted molar refractivity (Wildman–Crippen MR) is 90.4 cm³/mol. The van der Waals surface area contributed by atoms with Crippen LogP contribution in [0.3, 0.4) is 0 Å². The van der Waals surface area contributed by atoms with E-state index in [-0.39, 0.29) is 0 Å². The second-order valence-corrected chi connectivity index (χ2v) is 10.9. The topological polar surface area (TPSA) is 6.48 Å². The molecule has 2 nitrogen and oxygen atoms in total. The summed E-state index contributed by atoms with van der Waals surface area (Å²) in [5.74, 6) is 0. The van der Waals surface area contributed by atoms with Crippen LogP contribution in [-0.2, 0) is 0 Å². The van der Waals surface area contributed by atoms with Gasteiger partial charge >= 0.3 is 0 Å². The van der Waals surface area contributed by atoms with E-state index >= 15 is 0 Å². The summed E-state index contributed by atoms with van der Waals surface area (Å²) in [6.45, 7) is 7.25. The standard InChI is InChI=1S/C12H24N2S4/c1-11-7-3-5-9-13(11)15-17-18-16-14-10-6-4-8-12(14)2/h11-12H,3-10H2,1-2H3. The molecular weight excluding hydrogens is 300 g/mol. The first-order valence-corrected chi connectivity index (χ1v) is 11.7. The van der Waals surface area contributed by atoms with Crippen molar-refractivity contribution in [2.24, 2.45) is 0 Å². The Hall–Kier alpha value is 1.32. The highest BCUT2D eigenvalue weighted by atomic mass is 33.7. The molecular formula is C12H24N2S4. The van der Waals surface area contributed by atoms with E-state index in [2.05, 4.69) is 22.5 Å². The summed E-state index contributed by atoms with van der Waals surface area (Å²) in [6, 6.07) is 1.52. The van der Waals surface area contributed by atoms with Crippen molar-refractivity contribution in [3.05, 3.63) is 0 Å². The van der Waals surface area contributed by atoms with E-state index in [9.17, 15) is 0 Å². The van der Waals surface area contributed by atoms with Gasteiger partial charge in [-0.3, -0.25) is 0 Å². The fraction of sp³-hybridized carbons (Fsp3) is 1.00. The number of hydrogen-bond donors (Lipinski definition) is 0. The molecule has 0 amide bonds. The van der Waals surface area contributed by atoms with E-state index in [1.807, 2.05) is 41.6 Å². The van der Waals surface area contributed by atoms with Crippen molar-refractivity contribution in [1.82, 2.24) is 8.61 Å². The SMILES string of the molecule is CC1CCCCN1SSSSN1CCCCC1C. The zero-order chi connectivity index (χ0) is 12.8. The maximum atomic E-state index is 2.56. The Kier molecular flexibility index (Phi) is 7.48. The summed E-state index contributed by atoms with van der Waals surface area (Å²) >= 11 is 0. The van der Waals surface area contributed by atoms with E-state index in [0.717, 1.165) is 12.1 Å². The molecule has 2 unspecified atom stereocenters. The number of nitrogens with zero attached hydrogens (tertiary/aromatic N) is 2. The molecule has 0 aromatic carbocycles. The summed E-state index contributed by atoms with van der Waals surface area (Å²) < 4.78 is 5.11. The van der Waals surface area contributed by atoms with Crippen LogP contribution < -0.4 is 0 Å². The Morgan fingerprint density at radius 3 is 1.56 bits per heavy atom. The van der Waals surface area contributed by atoms with Crippen molar-refractivity contribution in [3.63, 3.8) is 0 Å². The smallest absolute Gasteiger partial charge is 0.0182 e. The second kappa shape index (κ2) is 8.57. The molecule has 0 spiro atoms. The van der Waals surface area contributed by atoms with Crippen LogP contribution in [0, 0.1) is 0 Å². The van der Waals surface area contributed by atoms with Gasteiger partial charge in [0.1, 0.15) is 0 Å². The van der Waals surface area contributed by atoms with Crippen LogP contribution >= 0.6 is 41.6 Å². The third-order valence-electron chi connectivity index (χ3n) is 3.76. The molecule has 2 aliphatic rings. The molecule has 2 heterocycles. The van der Waals surface area contributed by atoms with E-state index in [1.165, 1.54) is 51.6 Å². The Labute approximate surface area is 127 Å². The van der Waals surface area contributed by atoms with Crippen molar-refractivity contribution >= 4 is 41.6 Å². The van der Waals surface area contributed by atoms with Gasteiger partial charge in [0.25, 0.3) is 0 Å². The fourth-order valence-electron chi connectivity index (χ4n) is 2.47. The minimum atomic E-state index is 0.760. The molecule has 18 heavy (non-hydrogen) atoms. The molecule has 0 aromatic heterocycles. The van der Waals surface area contributed by atoms with Gasteiger partial charge in [0.15, 0.2) is 0 Å². The zero-order valence-corrected chi connectivity index (χ0v) is 14.6. The van der Waals surface area contributed by atoms with Gasteiger partial charge in [0.2, 0.25) is 0 Å². The highest BCUT2D eigenvalue weighted by molar-refractivity contribution is 9.25. The third-order valence-corrected chi connectivity index (χ3v) is 10.2. The molecule has 0 radical (unpaired) electrons. The van der Waals surface area contributed by atoms with Gasteiger partial charge in [-0.15, -0.1) is 0 Å². The Bertz CT molecular complexity index is 218. The quantitative estimate of drug-likeness (QED) is 0.385. The van der Waals surface area contributed by atoms with Gasteiger partial charge in [-0.25, -0.2) is 8.61 Å². The lowest BCUT2D eigenvalue weighted by molar-refractivity contribution is 0.295. The lowest BCUT2D eigenvalue weighted by Gasteiger charge is -2.32. The molecule has 0 aliphatic carbocycles. The van der Waals surface area contributed by atoms with Crippen LogP contribution in [-0.4, -0.2) is 33.8 Å². The molecule has 0 N–H and O–H groups in total. The number of piperidine rings is 2. The average molecular weight is 325 g/mol. The van der Waals surface area contributed by atoms with Gasteiger partial charge in [-0.05, 0) is 39.5 Å². The van der Waals surface area contributed by atoms with E-state index in [1.54, 1.807) is 0 Å². The van der Waals surface area contributed by atoms with Crippen LogP contribution in [0.5, 0.6) is 0 Å². The zero-order valence-electron chi connectivity index (χ0n) is 11.3. The van der Waals surface area contributed by atoms with E-state index in [4.69, 9.17) is 0 Å². The molecule has 0 aromatic rings. The Morgan fingerprint density at radius 1 is 0.722 bits per heavy atom. The lowest BCUT2D eigenvalue weighted by Crippen LogP contribution is -2.31. The van der Waals surface area contributed by atoms with Crippen molar-refractivity contribution in [2.75, 3.05) is 13.1 Å². The lowest BCUT2D eigenvalue weighted by atomic mass is 10.1. The minimum absolute atomic E-state index is 0.760. The van der Waals surface area contributed by atoms with Crippen molar-refractivity contribution in [2.45, 2.75) is 64.5 Å². The first kappa shape index (κ1) is 15.7. The van der Waals surface area contributed by atoms with Gasteiger partial charge in [-0.1, -0.05) is 12.8 Å². The summed E-state index contributed by atoms with van der Waals surface area (Å²) in [4.78, 5) is 0. The molecule has 106 valence electrons. The molecule has 2 atom stereocenters. The van der Waals surface area contributed by atoms with Crippen molar-refractivity contribution in [3.8, 4) is 0 Å². The first-order valence-electron chi connectivity index (χ1n) is 6.99. The molecule has 2 saturated heterocycles. The van der Waals surface area contributed by atoms with Crippen LogP contribution in [0.4, 0.5) is 0 Å². The number of rotatable bonds is 5. The highest BCUT2D eigenvalue weighted by Crippen LogP contribution is 2.48.